The molecule has 0 bridgehead atoms. The van der Waals surface area contributed by atoms with E-state index in [1.165, 1.54) is 37.9 Å². The van der Waals surface area contributed by atoms with Crippen molar-refractivity contribution < 1.29 is 4.43 Å². The Morgan fingerprint density at radius 1 is 1.14 bits per heavy atom. The van der Waals surface area contributed by atoms with Crippen LogP contribution in [0.5, 0.6) is 5.75 Å². The molecule has 0 unspecified atom stereocenters. The SMILES string of the molecule is C[Si](C)(C)Oc1ccc([C@H](CC2CC2)N2CCNCC2)cc1. The number of nitrogens with zero attached hydrogens (tertiary/aromatic N) is 1. The molecule has 1 aromatic carbocycles. The van der Waals surface area contributed by atoms with Gasteiger partial charge in [0.15, 0.2) is 0 Å². The maximum atomic E-state index is 6.09. The molecule has 122 valence electrons. The van der Waals surface area contributed by atoms with Crippen molar-refractivity contribution in [1.29, 1.82) is 0 Å². The molecule has 1 N–H and O–H groups in total. The highest BCUT2D eigenvalue weighted by Gasteiger charge is 2.30. The molecule has 2 aliphatic rings. The summed E-state index contributed by atoms with van der Waals surface area (Å²) in [6.07, 6.45) is 4.19. The minimum absolute atomic E-state index is 0.593. The van der Waals surface area contributed by atoms with E-state index in [1.807, 2.05) is 0 Å². The van der Waals surface area contributed by atoms with E-state index in [9.17, 15) is 0 Å². The van der Waals surface area contributed by atoms with Crippen molar-refractivity contribution in [3.8, 4) is 5.75 Å². The monoisotopic (exact) mass is 318 g/mol. The first kappa shape index (κ1) is 16.0. The molecule has 1 atom stereocenters. The van der Waals surface area contributed by atoms with Gasteiger partial charge in [-0.25, -0.2) is 0 Å². The fourth-order valence-corrected chi connectivity index (χ4v) is 4.11. The standard InChI is InChI=1S/C18H30N2OSi/c1-22(2,3)21-17-8-6-16(7-9-17)18(14-15-4-5-15)20-12-10-19-11-13-20/h6-9,15,18-19H,4-5,10-14H2,1-3H3/t18-/m0/s1. The summed E-state index contributed by atoms with van der Waals surface area (Å²) in [6.45, 7) is 11.3. The van der Waals surface area contributed by atoms with Crippen LogP contribution in [-0.2, 0) is 0 Å². The van der Waals surface area contributed by atoms with Gasteiger partial charge in [-0.1, -0.05) is 25.0 Å². The maximum absolute atomic E-state index is 6.09. The minimum atomic E-state index is -1.51. The number of rotatable bonds is 6. The van der Waals surface area contributed by atoms with Gasteiger partial charge < -0.3 is 9.74 Å². The molecular formula is C18H30N2OSi. The van der Waals surface area contributed by atoms with Crippen molar-refractivity contribution in [2.75, 3.05) is 26.2 Å². The molecule has 1 saturated heterocycles. The van der Waals surface area contributed by atoms with Gasteiger partial charge in [-0.2, -0.15) is 0 Å². The van der Waals surface area contributed by atoms with E-state index in [4.69, 9.17) is 4.43 Å². The third-order valence-corrected chi connectivity index (χ3v) is 5.38. The average molecular weight is 319 g/mol. The molecule has 0 spiro atoms. The van der Waals surface area contributed by atoms with Crippen molar-refractivity contribution in [3.05, 3.63) is 29.8 Å². The number of hydrogen-bond acceptors (Lipinski definition) is 3. The Morgan fingerprint density at radius 2 is 1.77 bits per heavy atom. The second-order valence-electron chi connectivity index (χ2n) is 7.76. The third-order valence-electron chi connectivity index (χ3n) is 4.53. The highest BCUT2D eigenvalue weighted by Crippen LogP contribution is 2.40. The van der Waals surface area contributed by atoms with Crippen LogP contribution >= 0.6 is 0 Å². The van der Waals surface area contributed by atoms with Crippen LogP contribution in [0.4, 0.5) is 0 Å². The van der Waals surface area contributed by atoms with Crippen LogP contribution in [0.15, 0.2) is 24.3 Å². The molecule has 3 nitrogen and oxygen atoms in total. The second-order valence-corrected chi connectivity index (χ2v) is 12.2. The molecule has 3 rings (SSSR count). The van der Waals surface area contributed by atoms with Crippen molar-refractivity contribution in [1.82, 2.24) is 10.2 Å². The van der Waals surface area contributed by atoms with Gasteiger partial charge in [0.1, 0.15) is 5.75 Å². The predicted molar refractivity (Wildman–Crippen MR) is 94.9 cm³/mol. The van der Waals surface area contributed by atoms with E-state index in [0.29, 0.717) is 6.04 Å². The molecule has 1 saturated carbocycles. The van der Waals surface area contributed by atoms with Crippen LogP contribution in [-0.4, -0.2) is 39.4 Å². The van der Waals surface area contributed by atoms with Gasteiger partial charge in [0.2, 0.25) is 8.32 Å². The van der Waals surface area contributed by atoms with E-state index in [0.717, 1.165) is 24.8 Å². The van der Waals surface area contributed by atoms with Gasteiger partial charge >= 0.3 is 0 Å². The molecule has 1 aromatic rings. The predicted octanol–water partition coefficient (Wildman–Crippen LogP) is 3.65. The number of nitrogens with one attached hydrogen (secondary N) is 1. The normalized spacial score (nSPS) is 21.6. The van der Waals surface area contributed by atoms with Gasteiger partial charge in [0, 0.05) is 32.2 Å². The molecule has 1 aliphatic heterocycles. The summed E-state index contributed by atoms with van der Waals surface area (Å²) >= 11 is 0. The van der Waals surface area contributed by atoms with Crippen molar-refractivity contribution >= 4 is 8.32 Å². The zero-order chi connectivity index (χ0) is 15.6. The van der Waals surface area contributed by atoms with Crippen molar-refractivity contribution in [2.45, 2.75) is 44.9 Å². The molecular weight excluding hydrogens is 288 g/mol. The Balaban J connectivity index is 1.72. The Labute approximate surface area is 136 Å². The van der Waals surface area contributed by atoms with Gasteiger partial charge in [-0.15, -0.1) is 0 Å². The van der Waals surface area contributed by atoms with Crippen LogP contribution in [0.25, 0.3) is 0 Å². The van der Waals surface area contributed by atoms with Gasteiger partial charge in [0.25, 0.3) is 0 Å². The first-order chi connectivity index (χ1) is 10.5. The highest BCUT2D eigenvalue weighted by atomic mass is 28.4. The van der Waals surface area contributed by atoms with Crippen LogP contribution in [0, 0.1) is 5.92 Å². The minimum Gasteiger partial charge on any atom is -0.544 e. The molecule has 0 radical (unpaired) electrons. The first-order valence-electron chi connectivity index (χ1n) is 8.75. The number of benzene rings is 1. The van der Waals surface area contributed by atoms with E-state index in [-0.39, 0.29) is 0 Å². The topological polar surface area (TPSA) is 24.5 Å². The van der Waals surface area contributed by atoms with Crippen molar-refractivity contribution in [2.24, 2.45) is 5.92 Å². The summed E-state index contributed by atoms with van der Waals surface area (Å²) in [5.74, 6) is 1.99. The number of piperazine rings is 1. The molecule has 2 fully saturated rings. The van der Waals surface area contributed by atoms with Crippen LogP contribution < -0.4 is 9.74 Å². The fraction of sp³-hybridized carbons (Fsp3) is 0.667. The average Bonchev–Trinajstić information content (AvgIpc) is 3.29. The smallest absolute Gasteiger partial charge is 0.242 e. The van der Waals surface area contributed by atoms with Gasteiger partial charge in [-0.3, -0.25) is 4.90 Å². The second kappa shape index (κ2) is 6.73. The van der Waals surface area contributed by atoms with Crippen LogP contribution in [0.2, 0.25) is 19.6 Å². The van der Waals surface area contributed by atoms with E-state index in [2.05, 4.69) is 54.1 Å². The summed E-state index contributed by atoms with van der Waals surface area (Å²) in [7, 11) is -1.51. The molecule has 1 heterocycles. The largest absolute Gasteiger partial charge is 0.544 e. The lowest BCUT2D eigenvalue weighted by molar-refractivity contribution is 0.160. The van der Waals surface area contributed by atoms with E-state index in [1.54, 1.807) is 0 Å². The molecule has 0 amide bonds. The van der Waals surface area contributed by atoms with Gasteiger partial charge in [-0.05, 0) is 49.7 Å². The summed E-state index contributed by atoms with van der Waals surface area (Å²) in [5, 5.41) is 3.47. The van der Waals surface area contributed by atoms with E-state index < -0.39 is 8.32 Å². The number of hydrogen-bond donors (Lipinski definition) is 1. The van der Waals surface area contributed by atoms with Crippen LogP contribution in [0.3, 0.4) is 0 Å². The quantitative estimate of drug-likeness (QED) is 0.810. The zero-order valence-electron chi connectivity index (χ0n) is 14.3. The van der Waals surface area contributed by atoms with Crippen LogP contribution in [0.1, 0.15) is 30.9 Å². The lowest BCUT2D eigenvalue weighted by Gasteiger charge is -2.35. The van der Waals surface area contributed by atoms with Crippen molar-refractivity contribution in [3.63, 3.8) is 0 Å². The summed E-state index contributed by atoms with van der Waals surface area (Å²) in [6, 6.07) is 9.54. The Kier molecular flexibility index (Phi) is 4.90. The highest BCUT2D eigenvalue weighted by molar-refractivity contribution is 6.70. The Hall–Kier alpha value is -0.843. The molecule has 22 heavy (non-hydrogen) atoms. The first-order valence-corrected chi connectivity index (χ1v) is 12.2. The Morgan fingerprint density at radius 3 is 2.32 bits per heavy atom. The lowest BCUT2D eigenvalue weighted by Crippen LogP contribution is -2.45. The zero-order valence-corrected chi connectivity index (χ0v) is 15.3. The molecule has 1 aliphatic carbocycles. The summed E-state index contributed by atoms with van der Waals surface area (Å²) < 4.78 is 6.09. The fourth-order valence-electron chi connectivity index (χ4n) is 3.27. The van der Waals surface area contributed by atoms with E-state index >= 15 is 0 Å². The molecule has 0 aromatic heterocycles. The summed E-state index contributed by atoms with van der Waals surface area (Å²) in [4.78, 5) is 2.67. The molecule has 4 heteroatoms. The van der Waals surface area contributed by atoms with Gasteiger partial charge in [0.05, 0.1) is 0 Å². The third kappa shape index (κ3) is 4.57. The lowest BCUT2D eigenvalue weighted by atomic mass is 9.98. The maximum Gasteiger partial charge on any atom is 0.242 e. The Bertz CT molecular complexity index is 473. The summed E-state index contributed by atoms with van der Waals surface area (Å²) in [5.41, 5.74) is 1.47.